The fraction of sp³-hybridized carbons (Fsp3) is 0.294. The summed E-state index contributed by atoms with van der Waals surface area (Å²) in [5, 5.41) is 2.96. The molecular weight excluding hydrogens is 272 g/mol. The van der Waals surface area contributed by atoms with E-state index in [-0.39, 0.29) is 11.7 Å². The van der Waals surface area contributed by atoms with Crippen LogP contribution in [0.2, 0.25) is 0 Å². The number of ether oxygens (including phenoxy) is 1. The zero-order chi connectivity index (χ0) is 14.8. The minimum atomic E-state index is -0.542. The molecule has 0 aliphatic heterocycles. The van der Waals surface area contributed by atoms with E-state index >= 15 is 0 Å². The van der Waals surface area contributed by atoms with E-state index in [1.807, 2.05) is 18.2 Å². The first kappa shape index (κ1) is 13.9. The van der Waals surface area contributed by atoms with Gasteiger partial charge < -0.3 is 10.1 Å². The summed E-state index contributed by atoms with van der Waals surface area (Å²) in [6.07, 6.45) is 1.72. The van der Waals surface area contributed by atoms with Gasteiger partial charge in [0.2, 0.25) is 0 Å². The van der Waals surface area contributed by atoms with E-state index in [0.717, 1.165) is 18.6 Å². The molecule has 0 radical (unpaired) electrons. The Labute approximate surface area is 122 Å². The number of benzene rings is 2. The third kappa shape index (κ3) is 2.84. The maximum absolute atomic E-state index is 13.6. The van der Waals surface area contributed by atoms with Crippen LogP contribution in [0.5, 0.6) is 5.75 Å². The molecule has 1 saturated carbocycles. The van der Waals surface area contributed by atoms with Crippen molar-refractivity contribution >= 4 is 5.69 Å². The Morgan fingerprint density at radius 2 is 1.71 bits per heavy atom. The topological polar surface area (TPSA) is 21.3 Å². The van der Waals surface area contributed by atoms with Gasteiger partial charge in [0.05, 0.1) is 7.11 Å². The lowest BCUT2D eigenvalue weighted by Crippen LogP contribution is -2.34. The second-order valence-corrected chi connectivity index (χ2v) is 5.38. The number of rotatable bonds is 4. The SMILES string of the molecule is COc1cccc(C2CC(Nc3c(F)cccc3F)C2)c1. The zero-order valence-electron chi connectivity index (χ0n) is 11.8. The fourth-order valence-electron chi connectivity index (χ4n) is 2.74. The molecule has 0 heterocycles. The van der Waals surface area contributed by atoms with E-state index in [0.29, 0.717) is 5.92 Å². The van der Waals surface area contributed by atoms with Gasteiger partial charge in [0.15, 0.2) is 0 Å². The fourth-order valence-corrected chi connectivity index (χ4v) is 2.74. The summed E-state index contributed by atoms with van der Waals surface area (Å²) in [4.78, 5) is 0. The van der Waals surface area contributed by atoms with Crippen LogP contribution in [0.4, 0.5) is 14.5 Å². The molecule has 0 atom stereocenters. The monoisotopic (exact) mass is 289 g/mol. The van der Waals surface area contributed by atoms with Crippen molar-refractivity contribution in [3.05, 3.63) is 59.7 Å². The van der Waals surface area contributed by atoms with Gasteiger partial charge in [0, 0.05) is 6.04 Å². The molecule has 4 heteroatoms. The van der Waals surface area contributed by atoms with Crippen LogP contribution in [-0.4, -0.2) is 13.2 Å². The average Bonchev–Trinajstić information content (AvgIpc) is 2.45. The first-order chi connectivity index (χ1) is 10.2. The van der Waals surface area contributed by atoms with Crippen LogP contribution in [0, 0.1) is 11.6 Å². The Morgan fingerprint density at radius 3 is 2.38 bits per heavy atom. The molecule has 2 nitrogen and oxygen atoms in total. The summed E-state index contributed by atoms with van der Waals surface area (Å²) < 4.78 is 32.4. The first-order valence-corrected chi connectivity index (χ1v) is 7.02. The normalized spacial score (nSPS) is 20.7. The van der Waals surface area contributed by atoms with Gasteiger partial charge in [-0.15, -0.1) is 0 Å². The van der Waals surface area contributed by atoms with Crippen LogP contribution < -0.4 is 10.1 Å². The number of methoxy groups -OCH3 is 1. The smallest absolute Gasteiger partial charge is 0.149 e. The molecule has 0 amide bonds. The molecule has 1 aliphatic carbocycles. The number of hydrogen-bond acceptors (Lipinski definition) is 2. The molecular formula is C17H17F2NO. The Hall–Kier alpha value is -2.10. The van der Waals surface area contributed by atoms with E-state index in [2.05, 4.69) is 11.4 Å². The van der Waals surface area contributed by atoms with Gasteiger partial charge in [0.25, 0.3) is 0 Å². The van der Waals surface area contributed by atoms with Crippen LogP contribution >= 0.6 is 0 Å². The molecule has 1 N–H and O–H groups in total. The van der Waals surface area contributed by atoms with Crippen molar-refractivity contribution in [2.75, 3.05) is 12.4 Å². The second kappa shape index (κ2) is 5.72. The second-order valence-electron chi connectivity index (χ2n) is 5.38. The average molecular weight is 289 g/mol. The Bertz CT molecular complexity index is 618. The van der Waals surface area contributed by atoms with Crippen molar-refractivity contribution in [3.63, 3.8) is 0 Å². The van der Waals surface area contributed by atoms with E-state index < -0.39 is 11.6 Å². The molecule has 21 heavy (non-hydrogen) atoms. The van der Waals surface area contributed by atoms with Gasteiger partial charge in [-0.05, 0) is 48.6 Å². The van der Waals surface area contributed by atoms with Crippen LogP contribution in [0.3, 0.4) is 0 Å². The van der Waals surface area contributed by atoms with E-state index in [4.69, 9.17) is 4.74 Å². The number of halogens is 2. The summed E-state index contributed by atoms with van der Waals surface area (Å²) >= 11 is 0. The predicted molar refractivity (Wildman–Crippen MR) is 78.7 cm³/mol. The highest BCUT2D eigenvalue weighted by atomic mass is 19.1. The summed E-state index contributed by atoms with van der Waals surface area (Å²) in [5.74, 6) is 0.163. The highest BCUT2D eigenvalue weighted by Gasteiger charge is 2.31. The first-order valence-electron chi connectivity index (χ1n) is 7.02. The Balaban J connectivity index is 1.63. The Kier molecular flexibility index (Phi) is 3.78. The van der Waals surface area contributed by atoms with Crippen molar-refractivity contribution in [3.8, 4) is 5.75 Å². The van der Waals surface area contributed by atoms with Gasteiger partial charge in [-0.1, -0.05) is 18.2 Å². The van der Waals surface area contributed by atoms with Crippen molar-refractivity contribution < 1.29 is 13.5 Å². The highest BCUT2D eigenvalue weighted by molar-refractivity contribution is 5.48. The maximum Gasteiger partial charge on any atom is 0.149 e. The minimum Gasteiger partial charge on any atom is -0.497 e. The van der Waals surface area contributed by atoms with Crippen molar-refractivity contribution in [1.29, 1.82) is 0 Å². The third-order valence-electron chi connectivity index (χ3n) is 4.01. The van der Waals surface area contributed by atoms with Crippen molar-refractivity contribution in [1.82, 2.24) is 0 Å². The highest BCUT2D eigenvalue weighted by Crippen LogP contribution is 2.40. The lowest BCUT2D eigenvalue weighted by Gasteiger charge is -2.37. The summed E-state index contributed by atoms with van der Waals surface area (Å²) in [6, 6.07) is 12.0. The van der Waals surface area contributed by atoms with Gasteiger partial charge in [0.1, 0.15) is 23.1 Å². The quantitative estimate of drug-likeness (QED) is 0.904. The molecule has 0 bridgehead atoms. The molecule has 0 aromatic heterocycles. The predicted octanol–water partition coefficient (Wildman–Crippen LogP) is 4.33. The van der Waals surface area contributed by atoms with Crippen LogP contribution in [0.1, 0.15) is 24.3 Å². The van der Waals surface area contributed by atoms with Gasteiger partial charge in [-0.3, -0.25) is 0 Å². The molecule has 2 aromatic rings. The maximum atomic E-state index is 13.6. The molecule has 1 fully saturated rings. The van der Waals surface area contributed by atoms with Gasteiger partial charge >= 0.3 is 0 Å². The van der Waals surface area contributed by atoms with E-state index in [9.17, 15) is 8.78 Å². The van der Waals surface area contributed by atoms with Crippen LogP contribution in [-0.2, 0) is 0 Å². The number of nitrogens with one attached hydrogen (secondary N) is 1. The van der Waals surface area contributed by atoms with Crippen LogP contribution in [0.15, 0.2) is 42.5 Å². The molecule has 0 saturated heterocycles. The molecule has 2 aromatic carbocycles. The summed E-state index contributed by atoms with van der Waals surface area (Å²) in [6.45, 7) is 0. The molecule has 0 spiro atoms. The molecule has 110 valence electrons. The number of para-hydroxylation sites is 1. The molecule has 1 aliphatic rings. The van der Waals surface area contributed by atoms with Gasteiger partial charge in [-0.2, -0.15) is 0 Å². The number of anilines is 1. The standard InChI is InChI=1S/C17H17F2NO/c1-21-14-5-2-4-11(10-14)12-8-13(9-12)20-17-15(18)6-3-7-16(17)19/h2-7,10,12-13,20H,8-9H2,1H3. The third-order valence-corrected chi connectivity index (χ3v) is 4.01. The summed E-state index contributed by atoms with van der Waals surface area (Å²) in [5.41, 5.74) is 1.19. The molecule has 0 unspecified atom stereocenters. The van der Waals surface area contributed by atoms with Gasteiger partial charge in [-0.25, -0.2) is 8.78 Å². The largest absolute Gasteiger partial charge is 0.497 e. The lowest BCUT2D eigenvalue weighted by molar-refractivity contribution is 0.368. The van der Waals surface area contributed by atoms with E-state index in [1.54, 1.807) is 7.11 Å². The van der Waals surface area contributed by atoms with E-state index in [1.165, 1.54) is 23.8 Å². The van der Waals surface area contributed by atoms with Crippen LogP contribution in [0.25, 0.3) is 0 Å². The zero-order valence-corrected chi connectivity index (χ0v) is 11.8. The van der Waals surface area contributed by atoms with Crippen molar-refractivity contribution in [2.24, 2.45) is 0 Å². The van der Waals surface area contributed by atoms with Crippen molar-refractivity contribution in [2.45, 2.75) is 24.8 Å². The number of hydrogen-bond donors (Lipinski definition) is 1. The lowest BCUT2D eigenvalue weighted by atomic mass is 9.75. The summed E-state index contributed by atoms with van der Waals surface area (Å²) in [7, 11) is 1.64. The minimum absolute atomic E-state index is 0.0217. The molecule has 3 rings (SSSR count). The Morgan fingerprint density at radius 1 is 1.05 bits per heavy atom.